The van der Waals surface area contributed by atoms with E-state index in [0.29, 0.717) is 18.0 Å². The Kier molecular flexibility index (Phi) is 4.88. The first-order chi connectivity index (χ1) is 12.1. The van der Waals surface area contributed by atoms with Crippen molar-refractivity contribution >= 4 is 17.5 Å². The second-order valence-corrected chi connectivity index (χ2v) is 5.78. The smallest absolute Gasteiger partial charge is 0.268 e. The van der Waals surface area contributed by atoms with Crippen LogP contribution in [-0.2, 0) is 16.1 Å². The minimum Gasteiger partial charge on any atom is -0.497 e. The lowest BCUT2D eigenvalue weighted by molar-refractivity contribution is -0.128. The van der Waals surface area contributed by atoms with Crippen LogP contribution in [0.4, 0.5) is 5.69 Å². The lowest BCUT2D eigenvalue weighted by Gasteiger charge is -2.32. The number of hydrogen-bond acceptors (Lipinski definition) is 4. The lowest BCUT2D eigenvalue weighted by atomic mass is 10.2. The maximum atomic E-state index is 12.4. The van der Waals surface area contributed by atoms with Gasteiger partial charge in [-0.3, -0.25) is 14.5 Å². The molecule has 130 valence electrons. The number of ether oxygens (including phenoxy) is 2. The van der Waals surface area contributed by atoms with Crippen LogP contribution >= 0.6 is 0 Å². The van der Waals surface area contributed by atoms with E-state index in [9.17, 15) is 9.59 Å². The molecule has 1 heterocycles. The van der Waals surface area contributed by atoms with E-state index in [1.54, 1.807) is 26.2 Å². The van der Waals surface area contributed by atoms with Crippen LogP contribution in [0.25, 0.3) is 0 Å². The molecule has 0 saturated carbocycles. The lowest BCUT2D eigenvalue weighted by Crippen LogP contribution is -2.48. The zero-order chi connectivity index (χ0) is 17.8. The molecule has 0 saturated heterocycles. The van der Waals surface area contributed by atoms with Crippen molar-refractivity contribution in [2.45, 2.75) is 19.6 Å². The second kappa shape index (κ2) is 7.25. The van der Waals surface area contributed by atoms with Gasteiger partial charge in [0.05, 0.1) is 12.8 Å². The molecule has 1 N–H and O–H groups in total. The number of carbonyl (C=O) groups excluding carboxylic acids is 2. The molecule has 0 aromatic heterocycles. The fourth-order valence-corrected chi connectivity index (χ4v) is 2.67. The summed E-state index contributed by atoms with van der Waals surface area (Å²) >= 11 is 0. The van der Waals surface area contributed by atoms with Crippen molar-refractivity contribution in [3.63, 3.8) is 0 Å². The number of amides is 2. The topological polar surface area (TPSA) is 67.9 Å². The van der Waals surface area contributed by atoms with Crippen molar-refractivity contribution in [1.29, 1.82) is 0 Å². The van der Waals surface area contributed by atoms with Crippen molar-refractivity contribution in [2.75, 3.05) is 18.6 Å². The summed E-state index contributed by atoms with van der Waals surface area (Å²) in [7, 11) is 1.61. The summed E-state index contributed by atoms with van der Waals surface area (Å²) in [6, 6.07) is 14.7. The highest BCUT2D eigenvalue weighted by Gasteiger charge is 2.32. The largest absolute Gasteiger partial charge is 0.497 e. The molecule has 2 amide bonds. The standard InChI is InChI=1S/C19H20N2O4/c1-13-19(23)21(16-5-3-4-6-17(16)25-13)12-18(22)20-11-14-7-9-15(24-2)10-8-14/h3-10,13H,11-12H2,1-2H3,(H,20,22)/t13-/m0/s1. The molecule has 25 heavy (non-hydrogen) atoms. The van der Waals surface area contributed by atoms with Gasteiger partial charge in [0.1, 0.15) is 18.0 Å². The van der Waals surface area contributed by atoms with Gasteiger partial charge in [-0.15, -0.1) is 0 Å². The minimum absolute atomic E-state index is 0.0420. The summed E-state index contributed by atoms with van der Waals surface area (Å²) in [6.45, 7) is 2.03. The van der Waals surface area contributed by atoms with Gasteiger partial charge in [0.25, 0.3) is 5.91 Å². The molecule has 2 aromatic carbocycles. The molecule has 0 bridgehead atoms. The Balaban J connectivity index is 1.64. The molecule has 0 fully saturated rings. The summed E-state index contributed by atoms with van der Waals surface area (Å²) in [5.41, 5.74) is 1.57. The normalized spacial score (nSPS) is 16.0. The Morgan fingerprint density at radius 1 is 1.20 bits per heavy atom. The molecule has 2 aromatic rings. The summed E-state index contributed by atoms with van der Waals surface area (Å²) in [5.74, 6) is 0.920. The van der Waals surface area contributed by atoms with Gasteiger partial charge >= 0.3 is 0 Å². The third-order valence-electron chi connectivity index (χ3n) is 4.02. The third-order valence-corrected chi connectivity index (χ3v) is 4.02. The Hall–Kier alpha value is -3.02. The fourth-order valence-electron chi connectivity index (χ4n) is 2.67. The first kappa shape index (κ1) is 16.8. The average molecular weight is 340 g/mol. The van der Waals surface area contributed by atoms with Crippen LogP contribution in [0.3, 0.4) is 0 Å². The predicted molar refractivity (Wildman–Crippen MR) is 93.7 cm³/mol. The number of nitrogens with zero attached hydrogens (tertiary/aromatic N) is 1. The van der Waals surface area contributed by atoms with Gasteiger partial charge in [-0.05, 0) is 36.8 Å². The van der Waals surface area contributed by atoms with Gasteiger partial charge in [0.2, 0.25) is 5.91 Å². The Bertz CT molecular complexity index is 773. The second-order valence-electron chi connectivity index (χ2n) is 5.78. The van der Waals surface area contributed by atoms with E-state index in [1.165, 1.54) is 4.90 Å². The molecule has 1 aliphatic heterocycles. The third kappa shape index (κ3) is 3.74. The first-order valence-electron chi connectivity index (χ1n) is 8.05. The molecule has 6 heteroatoms. The van der Waals surface area contributed by atoms with Gasteiger partial charge < -0.3 is 14.8 Å². The van der Waals surface area contributed by atoms with Crippen LogP contribution < -0.4 is 19.7 Å². The number of hydrogen-bond donors (Lipinski definition) is 1. The van der Waals surface area contributed by atoms with E-state index in [4.69, 9.17) is 9.47 Å². The molecule has 0 radical (unpaired) electrons. The highest BCUT2D eigenvalue weighted by Crippen LogP contribution is 2.33. The quantitative estimate of drug-likeness (QED) is 0.905. The van der Waals surface area contributed by atoms with Crippen molar-refractivity contribution in [2.24, 2.45) is 0 Å². The number of fused-ring (bicyclic) bond motifs is 1. The van der Waals surface area contributed by atoms with E-state index in [0.717, 1.165) is 11.3 Å². The predicted octanol–water partition coefficient (Wildman–Crippen LogP) is 2.13. The highest BCUT2D eigenvalue weighted by atomic mass is 16.5. The number of methoxy groups -OCH3 is 1. The maximum absolute atomic E-state index is 12.4. The van der Waals surface area contributed by atoms with E-state index in [-0.39, 0.29) is 18.4 Å². The van der Waals surface area contributed by atoms with Gasteiger partial charge in [0.15, 0.2) is 6.10 Å². The van der Waals surface area contributed by atoms with Crippen molar-refractivity contribution in [3.8, 4) is 11.5 Å². The van der Waals surface area contributed by atoms with Crippen LogP contribution in [0, 0.1) is 0 Å². The van der Waals surface area contributed by atoms with Crippen LogP contribution in [0.5, 0.6) is 11.5 Å². The molecule has 1 aliphatic rings. The monoisotopic (exact) mass is 340 g/mol. The van der Waals surface area contributed by atoms with Crippen molar-refractivity contribution < 1.29 is 19.1 Å². The summed E-state index contributed by atoms with van der Waals surface area (Å²) in [6.07, 6.45) is -0.607. The molecule has 0 spiro atoms. The van der Waals surface area contributed by atoms with Crippen molar-refractivity contribution in [1.82, 2.24) is 5.32 Å². The van der Waals surface area contributed by atoms with Crippen LogP contribution in [-0.4, -0.2) is 31.6 Å². The van der Waals surface area contributed by atoms with Gasteiger partial charge in [-0.1, -0.05) is 24.3 Å². The highest BCUT2D eigenvalue weighted by molar-refractivity contribution is 6.03. The van der Waals surface area contributed by atoms with E-state index < -0.39 is 6.10 Å². The van der Waals surface area contributed by atoms with Crippen molar-refractivity contribution in [3.05, 3.63) is 54.1 Å². The number of para-hydroxylation sites is 2. The van der Waals surface area contributed by atoms with Crippen LogP contribution in [0.1, 0.15) is 12.5 Å². The average Bonchev–Trinajstić information content (AvgIpc) is 2.64. The summed E-state index contributed by atoms with van der Waals surface area (Å²) in [4.78, 5) is 26.1. The van der Waals surface area contributed by atoms with Gasteiger partial charge in [-0.2, -0.15) is 0 Å². The zero-order valence-corrected chi connectivity index (χ0v) is 14.2. The molecular formula is C19H20N2O4. The minimum atomic E-state index is -0.607. The molecule has 0 aliphatic carbocycles. The SMILES string of the molecule is COc1ccc(CNC(=O)CN2C(=O)[C@H](C)Oc3ccccc32)cc1. The Morgan fingerprint density at radius 3 is 2.64 bits per heavy atom. The van der Waals surface area contributed by atoms with Crippen LogP contribution in [0.15, 0.2) is 48.5 Å². The zero-order valence-electron chi connectivity index (χ0n) is 14.2. The molecular weight excluding hydrogens is 320 g/mol. The summed E-state index contributed by atoms with van der Waals surface area (Å²) in [5, 5.41) is 2.84. The fraction of sp³-hybridized carbons (Fsp3) is 0.263. The number of nitrogens with one attached hydrogen (secondary N) is 1. The molecule has 1 atom stereocenters. The van der Waals surface area contributed by atoms with Gasteiger partial charge in [-0.25, -0.2) is 0 Å². The van der Waals surface area contributed by atoms with E-state index in [2.05, 4.69) is 5.32 Å². The molecule has 3 rings (SSSR count). The number of benzene rings is 2. The van der Waals surface area contributed by atoms with Gasteiger partial charge in [0, 0.05) is 6.54 Å². The Morgan fingerprint density at radius 2 is 1.92 bits per heavy atom. The number of rotatable bonds is 5. The first-order valence-corrected chi connectivity index (χ1v) is 8.05. The Labute approximate surface area is 146 Å². The molecule has 0 unspecified atom stereocenters. The van der Waals surface area contributed by atoms with E-state index in [1.807, 2.05) is 36.4 Å². The molecule has 6 nitrogen and oxygen atoms in total. The maximum Gasteiger partial charge on any atom is 0.268 e. The summed E-state index contributed by atoms with van der Waals surface area (Å²) < 4.78 is 10.7. The van der Waals surface area contributed by atoms with E-state index >= 15 is 0 Å². The number of carbonyl (C=O) groups is 2. The number of anilines is 1. The van der Waals surface area contributed by atoms with Crippen LogP contribution in [0.2, 0.25) is 0 Å².